The standard InChI is InChI=1S/C24H32N4O2/c1-26-17-19(16-25-26)18-27-8-6-24(7-9-27)15-20(21-4-2-3-5-22(21)24)14-23(29)28-10-12-30-13-11-28/h2-5,16-17,20H,6-15,18H2,1H3/t20-/m0/s1. The molecule has 3 heterocycles. The van der Waals surface area contributed by atoms with Gasteiger partial charge < -0.3 is 9.64 Å². The molecule has 5 rings (SSSR count). The molecule has 2 aliphatic heterocycles. The van der Waals surface area contributed by atoms with E-state index < -0.39 is 0 Å². The zero-order chi connectivity index (χ0) is 20.6. The van der Waals surface area contributed by atoms with Crippen LogP contribution in [0.25, 0.3) is 0 Å². The molecule has 1 amide bonds. The molecule has 1 aromatic carbocycles. The van der Waals surface area contributed by atoms with E-state index in [-0.39, 0.29) is 5.41 Å². The number of likely N-dealkylation sites (tertiary alicyclic amines) is 1. The van der Waals surface area contributed by atoms with Gasteiger partial charge in [0.2, 0.25) is 5.91 Å². The number of morpholine rings is 1. The van der Waals surface area contributed by atoms with Crippen molar-refractivity contribution in [3.05, 3.63) is 53.3 Å². The van der Waals surface area contributed by atoms with E-state index in [1.54, 1.807) is 0 Å². The summed E-state index contributed by atoms with van der Waals surface area (Å²) < 4.78 is 7.30. The number of aromatic nitrogens is 2. The van der Waals surface area contributed by atoms with E-state index in [4.69, 9.17) is 4.74 Å². The van der Waals surface area contributed by atoms with Crippen molar-refractivity contribution in [3.63, 3.8) is 0 Å². The van der Waals surface area contributed by atoms with Crippen molar-refractivity contribution >= 4 is 5.91 Å². The Morgan fingerprint density at radius 2 is 1.93 bits per heavy atom. The molecule has 0 unspecified atom stereocenters. The average molecular weight is 409 g/mol. The lowest BCUT2D eigenvalue weighted by Gasteiger charge is -2.40. The normalized spacial score (nSPS) is 23.6. The van der Waals surface area contributed by atoms with Crippen LogP contribution < -0.4 is 0 Å². The zero-order valence-corrected chi connectivity index (χ0v) is 17.9. The minimum absolute atomic E-state index is 0.234. The second-order valence-electron chi connectivity index (χ2n) is 9.26. The number of ether oxygens (including phenoxy) is 1. The first-order chi connectivity index (χ1) is 14.6. The van der Waals surface area contributed by atoms with E-state index in [9.17, 15) is 4.79 Å². The van der Waals surface area contributed by atoms with Gasteiger partial charge in [0.15, 0.2) is 0 Å². The third kappa shape index (κ3) is 3.79. The van der Waals surface area contributed by atoms with Crippen molar-refractivity contribution < 1.29 is 9.53 Å². The van der Waals surface area contributed by atoms with Crippen LogP contribution in [0.4, 0.5) is 0 Å². The summed E-state index contributed by atoms with van der Waals surface area (Å²) in [6.45, 7) is 6.00. The number of nitrogens with zero attached hydrogens (tertiary/aromatic N) is 4. The van der Waals surface area contributed by atoms with Gasteiger partial charge in [-0.15, -0.1) is 0 Å². The van der Waals surface area contributed by atoms with Crippen molar-refractivity contribution in [2.24, 2.45) is 7.05 Å². The van der Waals surface area contributed by atoms with Crippen LogP contribution in [0.5, 0.6) is 0 Å². The molecule has 2 aromatic rings. The molecule has 2 fully saturated rings. The van der Waals surface area contributed by atoms with E-state index in [1.807, 2.05) is 22.8 Å². The maximum Gasteiger partial charge on any atom is 0.223 e. The molecule has 0 bridgehead atoms. The Hall–Kier alpha value is -2.18. The van der Waals surface area contributed by atoms with E-state index >= 15 is 0 Å². The third-order valence-electron chi connectivity index (χ3n) is 7.37. The zero-order valence-electron chi connectivity index (χ0n) is 17.9. The second-order valence-corrected chi connectivity index (χ2v) is 9.26. The molecule has 0 saturated carbocycles. The highest BCUT2D eigenvalue weighted by molar-refractivity contribution is 5.77. The molecule has 6 nitrogen and oxygen atoms in total. The highest BCUT2D eigenvalue weighted by Crippen LogP contribution is 2.52. The van der Waals surface area contributed by atoms with Crippen LogP contribution in [-0.4, -0.2) is 64.9 Å². The first-order valence-corrected chi connectivity index (χ1v) is 11.3. The summed E-state index contributed by atoms with van der Waals surface area (Å²) in [6.07, 6.45) is 8.19. The fraction of sp³-hybridized carbons (Fsp3) is 0.583. The topological polar surface area (TPSA) is 50.6 Å². The molecular weight excluding hydrogens is 376 g/mol. The lowest BCUT2D eigenvalue weighted by atomic mass is 9.73. The highest BCUT2D eigenvalue weighted by Gasteiger charge is 2.45. The van der Waals surface area contributed by atoms with E-state index in [0.717, 1.165) is 39.1 Å². The monoisotopic (exact) mass is 408 g/mol. The molecular formula is C24H32N4O2. The lowest BCUT2D eigenvalue weighted by Crippen LogP contribution is -2.42. The van der Waals surface area contributed by atoms with Gasteiger partial charge >= 0.3 is 0 Å². The molecule has 30 heavy (non-hydrogen) atoms. The van der Waals surface area contributed by atoms with E-state index in [1.165, 1.54) is 29.5 Å². The number of piperidine rings is 1. The molecule has 2 saturated heterocycles. The molecule has 3 aliphatic rings. The molecule has 1 spiro atoms. The van der Waals surface area contributed by atoms with Gasteiger partial charge in [-0.1, -0.05) is 24.3 Å². The molecule has 0 radical (unpaired) electrons. The van der Waals surface area contributed by atoms with Crippen LogP contribution in [0.3, 0.4) is 0 Å². The van der Waals surface area contributed by atoms with E-state index in [2.05, 4.69) is 40.5 Å². The Morgan fingerprint density at radius 3 is 2.67 bits per heavy atom. The Labute approximate surface area is 178 Å². The molecule has 6 heteroatoms. The van der Waals surface area contributed by atoms with Gasteiger partial charge in [-0.2, -0.15) is 5.10 Å². The van der Waals surface area contributed by atoms with Gasteiger partial charge in [-0.25, -0.2) is 0 Å². The minimum atomic E-state index is 0.234. The van der Waals surface area contributed by atoms with Gasteiger partial charge in [-0.3, -0.25) is 14.4 Å². The van der Waals surface area contributed by atoms with Crippen molar-refractivity contribution in [2.75, 3.05) is 39.4 Å². The molecule has 1 aliphatic carbocycles. The number of rotatable bonds is 4. The fourth-order valence-corrected chi connectivity index (χ4v) is 5.79. The Balaban J connectivity index is 1.27. The number of aryl methyl sites for hydroxylation is 1. The largest absolute Gasteiger partial charge is 0.378 e. The second kappa shape index (κ2) is 8.16. The van der Waals surface area contributed by atoms with Gasteiger partial charge in [0, 0.05) is 44.9 Å². The fourth-order valence-electron chi connectivity index (χ4n) is 5.79. The van der Waals surface area contributed by atoms with Crippen molar-refractivity contribution in [3.8, 4) is 0 Å². The van der Waals surface area contributed by atoms with Gasteiger partial charge in [0.05, 0.1) is 19.4 Å². The number of fused-ring (bicyclic) bond motifs is 2. The maximum atomic E-state index is 12.9. The number of benzene rings is 1. The predicted molar refractivity (Wildman–Crippen MR) is 115 cm³/mol. The summed E-state index contributed by atoms with van der Waals surface area (Å²) >= 11 is 0. The minimum Gasteiger partial charge on any atom is -0.378 e. The van der Waals surface area contributed by atoms with Crippen LogP contribution in [0, 0.1) is 0 Å². The first kappa shape index (κ1) is 19.8. The van der Waals surface area contributed by atoms with Crippen LogP contribution in [0.1, 0.15) is 48.3 Å². The number of amides is 1. The lowest BCUT2D eigenvalue weighted by molar-refractivity contribution is -0.135. The number of carbonyl (C=O) groups is 1. The highest BCUT2D eigenvalue weighted by atomic mass is 16.5. The number of carbonyl (C=O) groups excluding carboxylic acids is 1. The Bertz CT molecular complexity index is 894. The van der Waals surface area contributed by atoms with Crippen LogP contribution >= 0.6 is 0 Å². The number of hydrogen-bond donors (Lipinski definition) is 0. The first-order valence-electron chi connectivity index (χ1n) is 11.3. The quantitative estimate of drug-likeness (QED) is 0.781. The molecule has 160 valence electrons. The summed E-state index contributed by atoms with van der Waals surface area (Å²) in [5, 5.41) is 4.31. The summed E-state index contributed by atoms with van der Waals surface area (Å²) in [5.74, 6) is 0.644. The Morgan fingerprint density at radius 1 is 1.17 bits per heavy atom. The predicted octanol–water partition coefficient (Wildman–Crippen LogP) is 2.69. The van der Waals surface area contributed by atoms with Crippen molar-refractivity contribution in [1.82, 2.24) is 19.6 Å². The van der Waals surface area contributed by atoms with Crippen molar-refractivity contribution in [2.45, 2.75) is 43.6 Å². The van der Waals surface area contributed by atoms with Crippen molar-refractivity contribution in [1.29, 1.82) is 0 Å². The summed E-state index contributed by atoms with van der Waals surface area (Å²) in [4.78, 5) is 17.5. The Kier molecular flexibility index (Phi) is 5.37. The van der Waals surface area contributed by atoms with Gasteiger partial charge in [-0.05, 0) is 54.8 Å². The van der Waals surface area contributed by atoms with Crippen LogP contribution in [-0.2, 0) is 28.5 Å². The smallest absolute Gasteiger partial charge is 0.223 e. The molecule has 0 N–H and O–H groups in total. The van der Waals surface area contributed by atoms with Crippen LogP contribution in [0.15, 0.2) is 36.7 Å². The van der Waals surface area contributed by atoms with E-state index in [0.29, 0.717) is 31.5 Å². The van der Waals surface area contributed by atoms with Gasteiger partial charge in [0.25, 0.3) is 0 Å². The van der Waals surface area contributed by atoms with Crippen LogP contribution in [0.2, 0.25) is 0 Å². The molecule has 1 atom stereocenters. The molecule has 1 aromatic heterocycles. The third-order valence-corrected chi connectivity index (χ3v) is 7.37. The summed E-state index contributed by atoms with van der Waals surface area (Å²) in [6, 6.07) is 8.91. The maximum absolute atomic E-state index is 12.9. The van der Waals surface area contributed by atoms with Gasteiger partial charge in [0.1, 0.15) is 0 Å². The average Bonchev–Trinajstić information content (AvgIpc) is 3.32. The number of hydrogen-bond acceptors (Lipinski definition) is 4. The summed E-state index contributed by atoms with van der Waals surface area (Å²) in [7, 11) is 1.97. The summed E-state index contributed by atoms with van der Waals surface area (Å²) in [5.41, 5.74) is 4.44. The SMILES string of the molecule is Cn1cc(CN2CCC3(CC2)C[C@H](CC(=O)N2CCOCC2)c2ccccc23)cn1.